The van der Waals surface area contributed by atoms with E-state index in [9.17, 15) is 18.4 Å². The molecule has 1 fully saturated rings. The van der Waals surface area contributed by atoms with Gasteiger partial charge in [0.15, 0.2) is 11.6 Å². The number of hydrogen-bond donors (Lipinski definition) is 1. The van der Waals surface area contributed by atoms with Crippen LogP contribution >= 0.6 is 0 Å². The first kappa shape index (κ1) is 21.9. The lowest BCUT2D eigenvalue weighted by atomic mass is 10.0. The summed E-state index contributed by atoms with van der Waals surface area (Å²) in [7, 11) is 0. The van der Waals surface area contributed by atoms with Gasteiger partial charge in [-0.15, -0.1) is 0 Å². The smallest absolute Gasteiger partial charge is 0.254 e. The lowest BCUT2D eigenvalue weighted by Crippen LogP contribution is -2.50. The summed E-state index contributed by atoms with van der Waals surface area (Å²) >= 11 is 0. The van der Waals surface area contributed by atoms with Crippen molar-refractivity contribution in [2.24, 2.45) is 0 Å². The van der Waals surface area contributed by atoms with Crippen molar-refractivity contribution in [2.45, 2.75) is 26.7 Å². The van der Waals surface area contributed by atoms with Gasteiger partial charge >= 0.3 is 0 Å². The molecule has 2 aromatic carbocycles. The van der Waals surface area contributed by atoms with Gasteiger partial charge in [-0.1, -0.05) is 32.0 Å². The number of piperazine rings is 1. The lowest BCUT2D eigenvalue weighted by molar-refractivity contribution is -0.117. The van der Waals surface area contributed by atoms with Gasteiger partial charge in [0.05, 0.1) is 6.54 Å². The van der Waals surface area contributed by atoms with Gasteiger partial charge in [-0.05, 0) is 42.2 Å². The molecule has 1 N–H and O–H groups in total. The van der Waals surface area contributed by atoms with Gasteiger partial charge < -0.3 is 10.2 Å². The number of nitrogens with zero attached hydrogens (tertiary/aromatic N) is 2. The molecule has 2 amide bonds. The molecule has 1 aliphatic heterocycles. The molecule has 30 heavy (non-hydrogen) atoms. The summed E-state index contributed by atoms with van der Waals surface area (Å²) in [4.78, 5) is 28.7. The van der Waals surface area contributed by atoms with Gasteiger partial charge in [-0.3, -0.25) is 14.5 Å². The zero-order chi connectivity index (χ0) is 21.7. The highest BCUT2D eigenvalue weighted by Gasteiger charge is 2.24. The monoisotopic (exact) mass is 415 g/mol. The van der Waals surface area contributed by atoms with Gasteiger partial charge in [0.1, 0.15) is 0 Å². The summed E-state index contributed by atoms with van der Waals surface area (Å²) in [6.45, 7) is 6.31. The van der Waals surface area contributed by atoms with Crippen molar-refractivity contribution in [3.05, 3.63) is 64.7 Å². The maximum atomic E-state index is 13.4. The van der Waals surface area contributed by atoms with E-state index in [1.807, 2.05) is 23.1 Å². The fourth-order valence-corrected chi connectivity index (χ4v) is 3.71. The minimum atomic E-state index is -1.03. The molecule has 0 radical (unpaired) electrons. The molecular formula is C23H27F2N3O2. The SMILES string of the molecule is CCc1cccc(CC)c1NC(=O)CN1CCN(C(=O)c2ccc(F)c(F)c2)CC1. The first-order valence-electron chi connectivity index (χ1n) is 10.3. The molecule has 1 saturated heterocycles. The van der Waals surface area contributed by atoms with Gasteiger partial charge in [0.25, 0.3) is 5.91 Å². The maximum absolute atomic E-state index is 13.4. The number of amides is 2. The summed E-state index contributed by atoms with van der Waals surface area (Å²) < 4.78 is 26.5. The van der Waals surface area contributed by atoms with Crippen LogP contribution in [0.2, 0.25) is 0 Å². The molecular weight excluding hydrogens is 388 g/mol. The van der Waals surface area contributed by atoms with E-state index < -0.39 is 11.6 Å². The molecule has 1 heterocycles. The van der Waals surface area contributed by atoms with E-state index in [2.05, 4.69) is 19.2 Å². The van der Waals surface area contributed by atoms with E-state index in [0.29, 0.717) is 26.2 Å². The minimum absolute atomic E-state index is 0.0778. The number of hydrogen-bond acceptors (Lipinski definition) is 3. The van der Waals surface area contributed by atoms with E-state index in [-0.39, 0.29) is 23.9 Å². The molecule has 0 atom stereocenters. The molecule has 160 valence electrons. The highest BCUT2D eigenvalue weighted by molar-refractivity contribution is 5.95. The van der Waals surface area contributed by atoms with Crippen LogP contribution in [-0.4, -0.2) is 54.3 Å². The molecule has 7 heteroatoms. The van der Waals surface area contributed by atoms with Crippen molar-refractivity contribution in [3.63, 3.8) is 0 Å². The number of para-hydroxylation sites is 1. The Labute approximate surface area is 175 Å². The molecule has 0 unspecified atom stereocenters. The van der Waals surface area contributed by atoms with E-state index in [1.165, 1.54) is 6.07 Å². The number of nitrogens with one attached hydrogen (secondary N) is 1. The summed E-state index contributed by atoms with van der Waals surface area (Å²) in [6.07, 6.45) is 1.68. The van der Waals surface area contributed by atoms with Crippen molar-refractivity contribution in [3.8, 4) is 0 Å². The Morgan fingerprint density at radius 1 is 0.933 bits per heavy atom. The van der Waals surface area contributed by atoms with Crippen molar-refractivity contribution < 1.29 is 18.4 Å². The second-order valence-electron chi connectivity index (χ2n) is 7.40. The molecule has 0 saturated carbocycles. The Morgan fingerprint density at radius 2 is 1.57 bits per heavy atom. The average Bonchev–Trinajstić information content (AvgIpc) is 2.75. The summed E-state index contributed by atoms with van der Waals surface area (Å²) in [5, 5.41) is 3.06. The number of rotatable bonds is 6. The number of benzene rings is 2. The molecule has 0 aromatic heterocycles. The van der Waals surface area contributed by atoms with Crippen LogP contribution in [0.1, 0.15) is 35.3 Å². The Morgan fingerprint density at radius 3 is 2.13 bits per heavy atom. The van der Waals surface area contributed by atoms with Crippen LogP contribution in [0.5, 0.6) is 0 Å². The van der Waals surface area contributed by atoms with Crippen LogP contribution in [0.4, 0.5) is 14.5 Å². The highest BCUT2D eigenvalue weighted by Crippen LogP contribution is 2.22. The average molecular weight is 415 g/mol. The predicted octanol–water partition coefficient (Wildman–Crippen LogP) is 3.49. The Balaban J connectivity index is 1.55. The number of halogens is 2. The zero-order valence-corrected chi connectivity index (χ0v) is 17.4. The van der Waals surface area contributed by atoms with Crippen LogP contribution in [0.25, 0.3) is 0 Å². The van der Waals surface area contributed by atoms with Crippen LogP contribution < -0.4 is 5.32 Å². The standard InChI is InChI=1S/C23H27F2N3O2/c1-3-16-6-5-7-17(4-2)22(16)26-21(29)15-27-10-12-28(13-11-27)23(30)18-8-9-19(24)20(25)14-18/h5-9,14H,3-4,10-13,15H2,1-2H3,(H,26,29). The van der Waals surface area contributed by atoms with Crippen LogP contribution in [0.3, 0.4) is 0 Å². The zero-order valence-electron chi connectivity index (χ0n) is 17.4. The first-order valence-corrected chi connectivity index (χ1v) is 10.3. The largest absolute Gasteiger partial charge is 0.336 e. The third kappa shape index (κ3) is 5.02. The van der Waals surface area contributed by atoms with Crippen molar-refractivity contribution in [2.75, 3.05) is 38.0 Å². The highest BCUT2D eigenvalue weighted by atomic mass is 19.2. The first-order chi connectivity index (χ1) is 14.4. The van der Waals surface area contributed by atoms with E-state index in [0.717, 1.165) is 41.8 Å². The fraction of sp³-hybridized carbons (Fsp3) is 0.391. The topological polar surface area (TPSA) is 52.7 Å². The molecule has 3 rings (SSSR count). The third-order valence-corrected chi connectivity index (χ3v) is 5.46. The van der Waals surface area contributed by atoms with Gasteiger partial charge in [-0.2, -0.15) is 0 Å². The van der Waals surface area contributed by atoms with Crippen LogP contribution in [0.15, 0.2) is 36.4 Å². The van der Waals surface area contributed by atoms with Gasteiger partial charge in [0.2, 0.25) is 5.91 Å². The molecule has 1 aliphatic rings. The van der Waals surface area contributed by atoms with E-state index in [1.54, 1.807) is 4.90 Å². The Bertz CT molecular complexity index is 902. The number of anilines is 1. The number of aryl methyl sites for hydroxylation is 2. The summed E-state index contributed by atoms with van der Waals surface area (Å²) in [6, 6.07) is 9.23. The lowest BCUT2D eigenvalue weighted by Gasteiger charge is -2.34. The molecule has 2 aromatic rings. The van der Waals surface area contributed by atoms with E-state index in [4.69, 9.17) is 0 Å². The Kier molecular flexibility index (Phi) is 7.15. The fourth-order valence-electron chi connectivity index (χ4n) is 3.71. The molecule has 0 spiro atoms. The van der Waals surface area contributed by atoms with Crippen molar-refractivity contribution in [1.29, 1.82) is 0 Å². The second kappa shape index (κ2) is 9.80. The van der Waals surface area contributed by atoms with Crippen molar-refractivity contribution in [1.82, 2.24) is 9.80 Å². The number of carbonyl (C=O) groups is 2. The van der Waals surface area contributed by atoms with Crippen molar-refractivity contribution >= 4 is 17.5 Å². The normalized spacial score (nSPS) is 14.6. The molecule has 5 nitrogen and oxygen atoms in total. The van der Waals surface area contributed by atoms with Gasteiger partial charge in [-0.25, -0.2) is 8.78 Å². The molecule has 0 aliphatic carbocycles. The molecule has 0 bridgehead atoms. The van der Waals surface area contributed by atoms with Crippen LogP contribution in [-0.2, 0) is 17.6 Å². The minimum Gasteiger partial charge on any atom is -0.336 e. The second-order valence-corrected chi connectivity index (χ2v) is 7.40. The maximum Gasteiger partial charge on any atom is 0.254 e. The summed E-state index contributed by atoms with van der Waals surface area (Å²) in [5.74, 6) is -2.42. The summed E-state index contributed by atoms with van der Waals surface area (Å²) in [5.41, 5.74) is 3.26. The van der Waals surface area contributed by atoms with E-state index >= 15 is 0 Å². The number of carbonyl (C=O) groups excluding carboxylic acids is 2. The quantitative estimate of drug-likeness (QED) is 0.786. The van der Waals surface area contributed by atoms with Gasteiger partial charge in [0, 0.05) is 37.4 Å². The third-order valence-electron chi connectivity index (χ3n) is 5.46. The predicted molar refractivity (Wildman–Crippen MR) is 113 cm³/mol. The van der Waals surface area contributed by atoms with Crippen LogP contribution in [0, 0.1) is 11.6 Å². The Hall–Kier alpha value is -2.80.